The molecule has 0 spiro atoms. The third-order valence-electron chi connectivity index (χ3n) is 3.10. The van der Waals surface area contributed by atoms with Crippen molar-refractivity contribution >= 4 is 5.91 Å². The van der Waals surface area contributed by atoms with Gasteiger partial charge in [0.1, 0.15) is 0 Å². The van der Waals surface area contributed by atoms with Crippen molar-refractivity contribution in [3.63, 3.8) is 0 Å². The van der Waals surface area contributed by atoms with Crippen molar-refractivity contribution in [1.82, 2.24) is 10.6 Å². The fourth-order valence-electron chi connectivity index (χ4n) is 1.86. The Labute approximate surface area is 97.4 Å². The zero-order chi connectivity index (χ0) is 11.9. The average molecular weight is 226 g/mol. The fraction of sp³-hybridized carbons (Fsp3) is 0.750. The highest BCUT2D eigenvalue weighted by Gasteiger charge is 2.33. The largest absolute Gasteiger partial charge is 0.502 e. The Kier molecular flexibility index (Phi) is 5.32. The first-order chi connectivity index (χ1) is 7.69. The summed E-state index contributed by atoms with van der Waals surface area (Å²) in [5, 5.41) is 6.24. The predicted octanol–water partition coefficient (Wildman–Crippen LogP) is 1.04. The Hall–Kier alpha value is -1.03. The summed E-state index contributed by atoms with van der Waals surface area (Å²) in [5.41, 5.74) is -0.190. The number of piperidine rings is 1. The summed E-state index contributed by atoms with van der Waals surface area (Å²) in [6.45, 7) is 8.66. The van der Waals surface area contributed by atoms with Crippen molar-refractivity contribution in [1.29, 1.82) is 0 Å². The molecule has 92 valence electrons. The Bertz CT molecular complexity index is 235. The summed E-state index contributed by atoms with van der Waals surface area (Å²) in [7, 11) is 0. The highest BCUT2D eigenvalue weighted by Crippen LogP contribution is 2.27. The highest BCUT2D eigenvalue weighted by molar-refractivity contribution is 5.82. The molecule has 0 aromatic rings. The maximum atomic E-state index is 12.0. The van der Waals surface area contributed by atoms with Gasteiger partial charge in [-0.05, 0) is 32.4 Å². The van der Waals surface area contributed by atoms with E-state index in [1.54, 1.807) is 0 Å². The smallest absolute Gasteiger partial charge is 0.226 e. The third-order valence-corrected chi connectivity index (χ3v) is 3.10. The first-order valence-electron chi connectivity index (χ1n) is 5.90. The van der Waals surface area contributed by atoms with Crippen LogP contribution in [0.1, 0.15) is 26.2 Å². The molecule has 4 heteroatoms. The van der Waals surface area contributed by atoms with Gasteiger partial charge in [-0.15, -0.1) is 0 Å². The minimum Gasteiger partial charge on any atom is -0.502 e. The van der Waals surface area contributed by atoms with Gasteiger partial charge < -0.3 is 15.4 Å². The van der Waals surface area contributed by atoms with E-state index in [4.69, 9.17) is 4.74 Å². The lowest BCUT2D eigenvalue weighted by Gasteiger charge is -2.32. The molecular weight excluding hydrogens is 204 g/mol. The molecule has 0 unspecified atom stereocenters. The zero-order valence-electron chi connectivity index (χ0n) is 10.1. The molecule has 2 N–H and O–H groups in total. The Morgan fingerprint density at radius 1 is 1.56 bits per heavy atom. The van der Waals surface area contributed by atoms with Crippen LogP contribution in [0.15, 0.2) is 12.8 Å². The van der Waals surface area contributed by atoms with Crippen molar-refractivity contribution in [2.24, 2.45) is 5.41 Å². The third kappa shape index (κ3) is 3.85. The summed E-state index contributed by atoms with van der Waals surface area (Å²) >= 11 is 0. The SMILES string of the molecule is C=COCCCNC(=O)C1(C)CCNCC1. The van der Waals surface area contributed by atoms with Crippen LogP contribution in [0.5, 0.6) is 0 Å². The minimum absolute atomic E-state index is 0.174. The lowest BCUT2D eigenvalue weighted by Crippen LogP contribution is -2.46. The monoisotopic (exact) mass is 226 g/mol. The van der Waals surface area contributed by atoms with Gasteiger partial charge in [-0.3, -0.25) is 4.79 Å². The summed E-state index contributed by atoms with van der Waals surface area (Å²) in [5.74, 6) is 0.174. The summed E-state index contributed by atoms with van der Waals surface area (Å²) in [6.07, 6.45) is 4.09. The van der Waals surface area contributed by atoms with Crippen LogP contribution in [0.3, 0.4) is 0 Å². The van der Waals surface area contributed by atoms with Gasteiger partial charge in [-0.25, -0.2) is 0 Å². The highest BCUT2D eigenvalue weighted by atomic mass is 16.5. The number of amides is 1. The van der Waals surface area contributed by atoms with E-state index >= 15 is 0 Å². The van der Waals surface area contributed by atoms with Crippen molar-refractivity contribution < 1.29 is 9.53 Å². The molecule has 1 aliphatic heterocycles. The van der Waals surface area contributed by atoms with Crippen molar-refractivity contribution in [3.05, 3.63) is 12.8 Å². The molecule has 1 amide bonds. The molecule has 4 nitrogen and oxygen atoms in total. The van der Waals surface area contributed by atoms with Gasteiger partial charge in [0.15, 0.2) is 0 Å². The maximum absolute atomic E-state index is 12.0. The summed E-state index contributed by atoms with van der Waals surface area (Å²) < 4.78 is 4.99. The van der Waals surface area contributed by atoms with E-state index in [1.165, 1.54) is 6.26 Å². The zero-order valence-corrected chi connectivity index (χ0v) is 10.1. The van der Waals surface area contributed by atoms with Gasteiger partial charge in [0.25, 0.3) is 0 Å². The average Bonchev–Trinajstić information content (AvgIpc) is 2.29. The summed E-state index contributed by atoms with van der Waals surface area (Å²) in [4.78, 5) is 12.0. The molecule has 1 saturated heterocycles. The van der Waals surface area contributed by atoms with Gasteiger partial charge in [0.05, 0.1) is 12.9 Å². The van der Waals surface area contributed by atoms with Gasteiger partial charge in [-0.1, -0.05) is 13.5 Å². The molecule has 0 aliphatic carbocycles. The van der Waals surface area contributed by atoms with Crippen LogP contribution in [-0.4, -0.2) is 32.1 Å². The number of hydrogen-bond acceptors (Lipinski definition) is 3. The lowest BCUT2D eigenvalue weighted by molar-refractivity contribution is -0.131. The van der Waals surface area contributed by atoms with Gasteiger partial charge in [0.2, 0.25) is 5.91 Å². The van der Waals surface area contributed by atoms with Gasteiger partial charge >= 0.3 is 0 Å². The quantitative estimate of drug-likeness (QED) is 0.525. The standard InChI is InChI=1S/C12H22N2O2/c1-3-16-10-4-7-14-11(15)12(2)5-8-13-9-6-12/h3,13H,1,4-10H2,2H3,(H,14,15). The van der Waals surface area contributed by atoms with Crippen LogP contribution in [0, 0.1) is 5.41 Å². The second kappa shape index (κ2) is 6.53. The summed E-state index contributed by atoms with van der Waals surface area (Å²) in [6, 6.07) is 0. The van der Waals surface area contributed by atoms with Crippen molar-refractivity contribution in [2.45, 2.75) is 26.2 Å². The molecule has 1 heterocycles. The topological polar surface area (TPSA) is 50.4 Å². The Morgan fingerprint density at radius 3 is 2.88 bits per heavy atom. The number of carbonyl (C=O) groups excluding carboxylic acids is 1. The molecule has 1 fully saturated rings. The fourth-order valence-corrected chi connectivity index (χ4v) is 1.86. The maximum Gasteiger partial charge on any atom is 0.226 e. The van der Waals surface area contributed by atoms with E-state index in [2.05, 4.69) is 17.2 Å². The first kappa shape index (κ1) is 13.0. The van der Waals surface area contributed by atoms with Crippen molar-refractivity contribution in [3.8, 4) is 0 Å². The number of ether oxygens (including phenoxy) is 1. The van der Waals surface area contributed by atoms with E-state index in [9.17, 15) is 4.79 Å². The molecule has 0 radical (unpaired) electrons. The van der Waals surface area contributed by atoms with Crippen LogP contribution in [0.2, 0.25) is 0 Å². The van der Waals surface area contributed by atoms with Crippen LogP contribution in [0.25, 0.3) is 0 Å². The van der Waals surface area contributed by atoms with Crippen LogP contribution < -0.4 is 10.6 Å². The molecule has 0 aromatic heterocycles. The molecule has 16 heavy (non-hydrogen) atoms. The second-order valence-electron chi connectivity index (χ2n) is 4.46. The van der Waals surface area contributed by atoms with E-state index < -0.39 is 0 Å². The van der Waals surface area contributed by atoms with Crippen LogP contribution >= 0.6 is 0 Å². The van der Waals surface area contributed by atoms with E-state index in [-0.39, 0.29) is 11.3 Å². The van der Waals surface area contributed by atoms with Crippen molar-refractivity contribution in [2.75, 3.05) is 26.2 Å². The first-order valence-corrected chi connectivity index (χ1v) is 5.90. The Morgan fingerprint density at radius 2 is 2.25 bits per heavy atom. The Balaban J connectivity index is 2.20. The molecule has 0 aromatic carbocycles. The van der Waals surface area contributed by atoms with Crippen LogP contribution in [-0.2, 0) is 9.53 Å². The minimum atomic E-state index is -0.190. The second-order valence-corrected chi connectivity index (χ2v) is 4.46. The molecule has 0 bridgehead atoms. The van der Waals surface area contributed by atoms with E-state index in [0.29, 0.717) is 13.2 Å². The molecule has 0 atom stereocenters. The lowest BCUT2D eigenvalue weighted by atomic mass is 9.80. The van der Waals surface area contributed by atoms with Gasteiger partial charge in [0, 0.05) is 12.0 Å². The van der Waals surface area contributed by atoms with Crippen LogP contribution in [0.4, 0.5) is 0 Å². The number of rotatable bonds is 6. The molecular formula is C12H22N2O2. The van der Waals surface area contributed by atoms with E-state index in [1.807, 2.05) is 6.92 Å². The number of carbonyl (C=O) groups is 1. The normalized spacial score (nSPS) is 18.8. The molecule has 1 aliphatic rings. The predicted molar refractivity (Wildman–Crippen MR) is 64.0 cm³/mol. The van der Waals surface area contributed by atoms with E-state index in [0.717, 1.165) is 32.4 Å². The molecule has 1 rings (SSSR count). The molecule has 0 saturated carbocycles. The number of hydrogen-bond donors (Lipinski definition) is 2. The van der Waals surface area contributed by atoms with Gasteiger partial charge in [-0.2, -0.15) is 0 Å². The number of nitrogens with one attached hydrogen (secondary N) is 2.